The van der Waals surface area contributed by atoms with Crippen LogP contribution in [0, 0.1) is 18.7 Å². The summed E-state index contributed by atoms with van der Waals surface area (Å²) in [5.41, 5.74) is 2.62. The van der Waals surface area contributed by atoms with Gasteiger partial charge in [0.05, 0.1) is 11.2 Å². The summed E-state index contributed by atoms with van der Waals surface area (Å²) in [7, 11) is 0. The molecule has 2 fully saturated rings. The minimum Gasteiger partial charge on any atom is -0.465 e. The third-order valence-corrected chi connectivity index (χ3v) is 6.26. The van der Waals surface area contributed by atoms with Crippen molar-refractivity contribution in [1.82, 2.24) is 9.88 Å². The van der Waals surface area contributed by atoms with Gasteiger partial charge < -0.3 is 19.9 Å². The first-order chi connectivity index (χ1) is 13.8. The molecule has 1 aromatic heterocycles. The average Bonchev–Trinajstić information content (AvgIpc) is 3.37. The zero-order valence-corrected chi connectivity index (χ0v) is 16.7. The number of carboxylic acid groups (broad SMARTS) is 1. The van der Waals surface area contributed by atoms with Crippen molar-refractivity contribution in [3.8, 4) is 0 Å². The quantitative estimate of drug-likeness (QED) is 0.799. The maximum atomic E-state index is 15.3. The molecule has 7 heteroatoms. The largest absolute Gasteiger partial charge is 0.465 e. The fourth-order valence-corrected chi connectivity index (χ4v) is 4.64. The Bertz CT molecular complexity index is 1060. The number of rotatable bonds is 5. The second-order valence-electron chi connectivity index (χ2n) is 8.20. The molecule has 2 heterocycles. The highest BCUT2D eigenvalue weighted by Crippen LogP contribution is 2.41. The summed E-state index contributed by atoms with van der Waals surface area (Å²) in [5.74, 6) is -0.218. The van der Waals surface area contributed by atoms with Crippen LogP contribution >= 0.6 is 0 Å². The van der Waals surface area contributed by atoms with E-state index < -0.39 is 6.09 Å². The second-order valence-corrected chi connectivity index (χ2v) is 8.20. The number of nitrogens with zero attached hydrogens (tertiary/aromatic N) is 2. The molecular weight excluding hydrogens is 373 g/mol. The molecule has 1 aliphatic carbocycles. The molecule has 2 atom stereocenters. The number of anilines is 1. The highest BCUT2D eigenvalue weighted by Gasteiger charge is 2.33. The van der Waals surface area contributed by atoms with Crippen molar-refractivity contribution in [3.05, 3.63) is 46.0 Å². The van der Waals surface area contributed by atoms with Crippen molar-refractivity contribution in [3.63, 3.8) is 0 Å². The van der Waals surface area contributed by atoms with Crippen LogP contribution in [0.15, 0.2) is 23.5 Å². The van der Waals surface area contributed by atoms with Crippen LogP contribution in [0.3, 0.4) is 0 Å². The van der Waals surface area contributed by atoms with Gasteiger partial charge in [-0.15, -0.1) is 0 Å². The number of nitrogens with one attached hydrogen (secondary N) is 1. The number of carbonyl (C=O) groups is 1. The molecular formula is C22H26FN3O3. The third-order valence-electron chi connectivity index (χ3n) is 6.26. The first-order valence-corrected chi connectivity index (χ1v) is 10.1. The standard InChI is InChI=1S/C22H26FN3O3/c1-4-14-9-19(27)26(16-5-6-16)20-12(2)21(18(23)10-17(14)20)25-8-7-15(11-25)13(3)24-22(28)29/h4,9-10,13,15-16,24H,1,5-8,11H2,2-3H3,(H,28,29)/t13-,15+/m0/s1. The summed E-state index contributed by atoms with van der Waals surface area (Å²) >= 11 is 0. The topological polar surface area (TPSA) is 74.6 Å². The van der Waals surface area contributed by atoms with E-state index in [9.17, 15) is 9.59 Å². The summed E-state index contributed by atoms with van der Waals surface area (Å²) in [6.07, 6.45) is 3.25. The van der Waals surface area contributed by atoms with Crippen molar-refractivity contribution >= 4 is 28.8 Å². The highest BCUT2D eigenvalue weighted by molar-refractivity contribution is 5.93. The van der Waals surface area contributed by atoms with Crippen LogP contribution in [0.5, 0.6) is 0 Å². The van der Waals surface area contributed by atoms with Gasteiger partial charge in [0.2, 0.25) is 0 Å². The number of amides is 1. The van der Waals surface area contributed by atoms with Crippen molar-refractivity contribution in [2.45, 2.75) is 45.2 Å². The Kier molecular flexibility index (Phi) is 4.84. The zero-order valence-electron chi connectivity index (χ0n) is 16.7. The zero-order chi connectivity index (χ0) is 20.9. The molecule has 29 heavy (non-hydrogen) atoms. The maximum absolute atomic E-state index is 15.3. The molecule has 4 rings (SSSR count). The van der Waals surface area contributed by atoms with Gasteiger partial charge in [0.15, 0.2) is 0 Å². The number of hydrogen-bond donors (Lipinski definition) is 2. The van der Waals surface area contributed by atoms with Crippen molar-refractivity contribution in [2.75, 3.05) is 18.0 Å². The molecule has 2 aromatic rings. The van der Waals surface area contributed by atoms with Crippen LogP contribution in [0.1, 0.15) is 43.4 Å². The van der Waals surface area contributed by atoms with Crippen LogP contribution in [0.25, 0.3) is 17.0 Å². The monoisotopic (exact) mass is 399 g/mol. The van der Waals surface area contributed by atoms with E-state index in [1.807, 2.05) is 23.3 Å². The number of fused-ring (bicyclic) bond motifs is 1. The molecule has 1 aromatic carbocycles. The van der Waals surface area contributed by atoms with E-state index in [-0.39, 0.29) is 29.4 Å². The highest BCUT2D eigenvalue weighted by atomic mass is 19.1. The molecule has 1 aliphatic heterocycles. The molecule has 2 N–H and O–H groups in total. The Hall–Kier alpha value is -2.83. The summed E-state index contributed by atoms with van der Waals surface area (Å²) in [6, 6.07) is 3.02. The number of halogens is 1. The molecule has 154 valence electrons. The van der Waals surface area contributed by atoms with Gasteiger partial charge in [-0.25, -0.2) is 9.18 Å². The predicted octanol–water partition coefficient (Wildman–Crippen LogP) is 3.91. The number of hydrogen-bond acceptors (Lipinski definition) is 3. The predicted molar refractivity (Wildman–Crippen MR) is 112 cm³/mol. The van der Waals surface area contributed by atoms with Crippen LogP contribution in [0.2, 0.25) is 0 Å². The summed E-state index contributed by atoms with van der Waals surface area (Å²) in [5, 5.41) is 12.2. The van der Waals surface area contributed by atoms with E-state index >= 15 is 4.39 Å². The summed E-state index contributed by atoms with van der Waals surface area (Å²) < 4.78 is 17.1. The number of aromatic nitrogens is 1. The fourth-order valence-electron chi connectivity index (χ4n) is 4.64. The molecule has 1 saturated carbocycles. The van der Waals surface area contributed by atoms with Crippen LogP contribution in [-0.4, -0.2) is 34.9 Å². The fraction of sp³-hybridized carbons (Fsp3) is 0.455. The SMILES string of the molecule is C=Cc1cc(=O)n(C2CC2)c2c(C)c(N3CC[C@@H]([C@H](C)NC(=O)O)C3)c(F)cc12. The minimum absolute atomic E-state index is 0.0749. The molecule has 1 amide bonds. The van der Waals surface area contributed by atoms with Gasteiger partial charge in [-0.3, -0.25) is 4.79 Å². The van der Waals surface area contributed by atoms with Gasteiger partial charge in [0.1, 0.15) is 5.82 Å². The summed E-state index contributed by atoms with van der Waals surface area (Å²) in [6.45, 7) is 8.72. The average molecular weight is 399 g/mol. The second kappa shape index (κ2) is 7.21. The Balaban J connectivity index is 1.80. The van der Waals surface area contributed by atoms with E-state index in [1.54, 1.807) is 6.08 Å². The lowest BCUT2D eigenvalue weighted by Crippen LogP contribution is -2.38. The smallest absolute Gasteiger partial charge is 0.404 e. The van der Waals surface area contributed by atoms with Gasteiger partial charge in [0.25, 0.3) is 5.56 Å². The van der Waals surface area contributed by atoms with Gasteiger partial charge in [-0.2, -0.15) is 0 Å². The van der Waals surface area contributed by atoms with E-state index in [4.69, 9.17) is 5.11 Å². The number of pyridine rings is 1. The number of benzene rings is 1. The van der Waals surface area contributed by atoms with Crippen LogP contribution < -0.4 is 15.8 Å². The summed E-state index contributed by atoms with van der Waals surface area (Å²) in [4.78, 5) is 25.7. The van der Waals surface area contributed by atoms with E-state index in [0.29, 0.717) is 29.7 Å². The normalized spacial score (nSPS) is 20.1. The Morgan fingerprint density at radius 3 is 2.72 bits per heavy atom. The maximum Gasteiger partial charge on any atom is 0.404 e. The third kappa shape index (κ3) is 3.39. The molecule has 6 nitrogen and oxygen atoms in total. The lowest BCUT2D eigenvalue weighted by molar-refractivity contribution is 0.186. The van der Waals surface area contributed by atoms with E-state index in [2.05, 4.69) is 11.9 Å². The van der Waals surface area contributed by atoms with E-state index in [1.165, 1.54) is 12.1 Å². The van der Waals surface area contributed by atoms with Gasteiger partial charge in [-0.1, -0.05) is 12.7 Å². The number of aryl methyl sites for hydroxylation is 1. The molecule has 1 saturated heterocycles. The van der Waals surface area contributed by atoms with Crippen molar-refractivity contribution in [2.24, 2.45) is 5.92 Å². The van der Waals surface area contributed by atoms with Gasteiger partial charge >= 0.3 is 6.09 Å². The Morgan fingerprint density at radius 2 is 2.10 bits per heavy atom. The van der Waals surface area contributed by atoms with Crippen molar-refractivity contribution in [1.29, 1.82) is 0 Å². The molecule has 0 bridgehead atoms. The lowest BCUT2D eigenvalue weighted by atomic mass is 10.0. The first-order valence-electron chi connectivity index (χ1n) is 10.1. The van der Waals surface area contributed by atoms with Crippen molar-refractivity contribution < 1.29 is 14.3 Å². The van der Waals surface area contributed by atoms with Gasteiger partial charge in [-0.05, 0) is 56.2 Å². The Labute approximate surface area is 168 Å². The lowest BCUT2D eigenvalue weighted by Gasteiger charge is -2.25. The molecule has 0 spiro atoms. The first kappa shape index (κ1) is 19.5. The minimum atomic E-state index is -1.05. The molecule has 0 unspecified atom stereocenters. The van der Waals surface area contributed by atoms with Gasteiger partial charge in [0, 0.05) is 36.6 Å². The van der Waals surface area contributed by atoms with Crippen LogP contribution in [-0.2, 0) is 0 Å². The van der Waals surface area contributed by atoms with E-state index in [0.717, 1.165) is 30.3 Å². The molecule has 0 radical (unpaired) electrons. The molecule has 2 aliphatic rings. The Morgan fingerprint density at radius 1 is 1.38 bits per heavy atom. The van der Waals surface area contributed by atoms with Crippen LogP contribution in [0.4, 0.5) is 14.9 Å².